The number of para-hydroxylation sites is 2. The molecule has 0 radical (unpaired) electrons. The minimum atomic E-state index is -1.21. The molecule has 2 aromatic carbocycles. The standard InChI is InChI=1S/C26H29N3O5/c1-25(2)14-23(30)26(24(31)15-25)13-17-12-18(29(32)33)8-9-19(17)28-11-10-27(16-22(26)28)20-6-4-5-7-21(20)34-3/h4-9,12,22H,10-11,13-16H2,1-3H3. The zero-order valence-electron chi connectivity index (χ0n) is 19.7. The molecule has 1 unspecified atom stereocenters. The van der Waals surface area contributed by atoms with Crippen molar-refractivity contribution < 1.29 is 19.2 Å². The molecule has 8 nitrogen and oxygen atoms in total. The molecule has 0 amide bonds. The van der Waals surface area contributed by atoms with Gasteiger partial charge in [-0.25, -0.2) is 0 Å². The molecule has 8 heteroatoms. The van der Waals surface area contributed by atoms with Crippen molar-refractivity contribution in [2.75, 3.05) is 36.5 Å². The highest BCUT2D eigenvalue weighted by molar-refractivity contribution is 6.11. The lowest BCUT2D eigenvalue weighted by molar-refractivity contribution is -0.384. The summed E-state index contributed by atoms with van der Waals surface area (Å²) in [5.74, 6) is 0.643. The molecule has 3 aliphatic rings. The van der Waals surface area contributed by atoms with E-state index in [9.17, 15) is 19.7 Å². The van der Waals surface area contributed by atoms with Crippen LogP contribution in [0.25, 0.3) is 0 Å². The van der Waals surface area contributed by atoms with Crippen LogP contribution in [0, 0.1) is 20.9 Å². The summed E-state index contributed by atoms with van der Waals surface area (Å²) in [5, 5.41) is 11.5. The number of rotatable bonds is 3. The lowest BCUT2D eigenvalue weighted by Gasteiger charge is -2.56. The third-order valence-electron chi connectivity index (χ3n) is 7.70. The van der Waals surface area contributed by atoms with Gasteiger partial charge in [0.15, 0.2) is 0 Å². The molecule has 1 aliphatic carbocycles. The number of anilines is 2. The first kappa shape index (κ1) is 22.4. The van der Waals surface area contributed by atoms with Crippen LogP contribution in [-0.4, -0.2) is 49.3 Å². The van der Waals surface area contributed by atoms with Crippen LogP contribution < -0.4 is 14.5 Å². The zero-order valence-corrected chi connectivity index (χ0v) is 19.7. The predicted octanol–water partition coefficient (Wildman–Crippen LogP) is 3.80. The van der Waals surface area contributed by atoms with E-state index in [0.29, 0.717) is 38.0 Å². The van der Waals surface area contributed by atoms with E-state index in [-0.39, 0.29) is 35.1 Å². The van der Waals surface area contributed by atoms with Gasteiger partial charge in [-0.3, -0.25) is 19.7 Å². The van der Waals surface area contributed by atoms with Crippen molar-refractivity contribution in [3.63, 3.8) is 0 Å². The summed E-state index contributed by atoms with van der Waals surface area (Å²) in [6, 6.07) is 12.2. The van der Waals surface area contributed by atoms with E-state index in [0.717, 1.165) is 17.1 Å². The molecule has 1 atom stereocenters. The Labute approximate surface area is 198 Å². The number of methoxy groups -OCH3 is 1. The van der Waals surface area contributed by atoms with Crippen LogP contribution in [0.5, 0.6) is 5.75 Å². The van der Waals surface area contributed by atoms with Gasteiger partial charge in [0.05, 0.1) is 23.8 Å². The maximum Gasteiger partial charge on any atom is 0.269 e. The van der Waals surface area contributed by atoms with Gasteiger partial charge >= 0.3 is 0 Å². The maximum absolute atomic E-state index is 13.8. The van der Waals surface area contributed by atoms with E-state index < -0.39 is 10.3 Å². The number of nitro groups is 1. The van der Waals surface area contributed by atoms with Crippen LogP contribution in [0.3, 0.4) is 0 Å². The van der Waals surface area contributed by atoms with Crippen molar-refractivity contribution in [1.82, 2.24) is 0 Å². The van der Waals surface area contributed by atoms with Crippen LogP contribution >= 0.6 is 0 Å². The number of ether oxygens (including phenoxy) is 1. The summed E-state index contributed by atoms with van der Waals surface area (Å²) in [5.41, 5.74) is 0.910. The van der Waals surface area contributed by atoms with Crippen LogP contribution in [0.4, 0.5) is 17.1 Å². The Morgan fingerprint density at radius 3 is 2.38 bits per heavy atom. The number of carbonyl (C=O) groups is 2. The molecule has 0 aromatic heterocycles. The summed E-state index contributed by atoms with van der Waals surface area (Å²) < 4.78 is 5.58. The number of hydrogen-bond donors (Lipinski definition) is 0. The number of ketones is 2. The summed E-state index contributed by atoms with van der Waals surface area (Å²) >= 11 is 0. The summed E-state index contributed by atoms with van der Waals surface area (Å²) in [6.45, 7) is 5.68. The topological polar surface area (TPSA) is 93.0 Å². The van der Waals surface area contributed by atoms with Gasteiger partial charge in [0.1, 0.15) is 22.7 Å². The lowest BCUT2D eigenvalue weighted by Crippen LogP contribution is -2.69. The van der Waals surface area contributed by atoms with E-state index in [2.05, 4.69) is 9.80 Å². The van der Waals surface area contributed by atoms with Gasteiger partial charge in [-0.05, 0) is 35.6 Å². The summed E-state index contributed by atoms with van der Waals surface area (Å²) in [6.07, 6.45) is 0.850. The normalized spacial score (nSPS) is 22.9. The van der Waals surface area contributed by atoms with Crippen molar-refractivity contribution in [1.29, 1.82) is 0 Å². The molecule has 0 bridgehead atoms. The van der Waals surface area contributed by atoms with Gasteiger partial charge in [-0.15, -0.1) is 0 Å². The van der Waals surface area contributed by atoms with Gasteiger partial charge in [0, 0.05) is 50.3 Å². The SMILES string of the molecule is COc1ccccc1N1CCN2c3ccc([N+](=O)[O-])cc3CC3(C(=O)CC(C)(C)CC3=O)C2C1. The van der Waals surface area contributed by atoms with Crippen molar-refractivity contribution >= 4 is 28.6 Å². The quantitative estimate of drug-likeness (QED) is 0.388. The summed E-state index contributed by atoms with van der Waals surface area (Å²) in [7, 11) is 1.64. The van der Waals surface area contributed by atoms with Gasteiger partial charge in [-0.1, -0.05) is 26.0 Å². The van der Waals surface area contributed by atoms with Crippen LogP contribution in [0.15, 0.2) is 42.5 Å². The Bertz CT molecular complexity index is 1170. The van der Waals surface area contributed by atoms with E-state index in [1.807, 2.05) is 38.1 Å². The average Bonchev–Trinajstić information content (AvgIpc) is 2.81. The molecule has 2 fully saturated rings. The number of piperazine rings is 1. The molecule has 178 valence electrons. The Hall–Kier alpha value is -3.42. The summed E-state index contributed by atoms with van der Waals surface area (Å²) in [4.78, 5) is 43.0. The van der Waals surface area contributed by atoms with Gasteiger partial charge in [0.2, 0.25) is 0 Å². The highest BCUT2D eigenvalue weighted by Crippen LogP contribution is 2.51. The Morgan fingerprint density at radius 2 is 1.71 bits per heavy atom. The van der Waals surface area contributed by atoms with Gasteiger partial charge in [0.25, 0.3) is 5.69 Å². The number of nitro benzene ring substituents is 1. The number of Topliss-reactive ketones (excluding diaryl/α,β-unsaturated/α-hetero) is 2. The smallest absolute Gasteiger partial charge is 0.269 e. The third kappa shape index (κ3) is 3.35. The number of nitrogens with zero attached hydrogens (tertiary/aromatic N) is 3. The van der Waals surface area contributed by atoms with Crippen molar-refractivity contribution in [2.24, 2.45) is 10.8 Å². The largest absolute Gasteiger partial charge is 0.495 e. The fraction of sp³-hybridized carbons (Fsp3) is 0.462. The first-order valence-electron chi connectivity index (χ1n) is 11.6. The molecule has 5 rings (SSSR count). The molecule has 1 saturated carbocycles. The van der Waals surface area contributed by atoms with Crippen LogP contribution in [0.1, 0.15) is 32.3 Å². The second-order valence-electron chi connectivity index (χ2n) is 10.4. The number of non-ortho nitro benzene ring substituents is 1. The van der Waals surface area contributed by atoms with E-state index in [1.165, 1.54) is 6.07 Å². The minimum Gasteiger partial charge on any atom is -0.495 e. The fourth-order valence-electron chi connectivity index (χ4n) is 6.10. The molecule has 34 heavy (non-hydrogen) atoms. The Morgan fingerprint density at radius 1 is 1.00 bits per heavy atom. The fourth-order valence-corrected chi connectivity index (χ4v) is 6.10. The first-order chi connectivity index (χ1) is 16.2. The molecular formula is C26H29N3O5. The monoisotopic (exact) mass is 463 g/mol. The second-order valence-corrected chi connectivity index (χ2v) is 10.4. The van der Waals surface area contributed by atoms with Gasteiger partial charge < -0.3 is 14.5 Å². The molecule has 0 N–H and O–H groups in total. The highest BCUT2D eigenvalue weighted by atomic mass is 16.6. The molecule has 1 saturated heterocycles. The molecule has 2 aliphatic heterocycles. The van der Waals surface area contributed by atoms with Crippen LogP contribution in [-0.2, 0) is 16.0 Å². The Kier molecular flexibility index (Phi) is 5.15. The second kappa shape index (κ2) is 7.82. The number of hydrogen-bond acceptors (Lipinski definition) is 7. The predicted molar refractivity (Wildman–Crippen MR) is 129 cm³/mol. The number of carbonyl (C=O) groups excluding carboxylic acids is 2. The van der Waals surface area contributed by atoms with E-state index in [1.54, 1.807) is 19.2 Å². The number of fused-ring (bicyclic) bond motifs is 4. The molecular weight excluding hydrogens is 434 g/mol. The van der Waals surface area contributed by atoms with E-state index in [4.69, 9.17) is 4.74 Å². The first-order valence-corrected chi connectivity index (χ1v) is 11.6. The maximum atomic E-state index is 13.8. The minimum absolute atomic E-state index is 0.0176. The molecule has 2 heterocycles. The van der Waals surface area contributed by atoms with Crippen molar-refractivity contribution in [3.05, 3.63) is 58.1 Å². The van der Waals surface area contributed by atoms with Crippen LogP contribution in [0.2, 0.25) is 0 Å². The zero-order chi connectivity index (χ0) is 24.3. The molecule has 1 spiro atoms. The van der Waals surface area contributed by atoms with Gasteiger partial charge in [-0.2, -0.15) is 0 Å². The average molecular weight is 464 g/mol. The molecule has 2 aromatic rings. The number of benzene rings is 2. The van der Waals surface area contributed by atoms with Crippen molar-refractivity contribution in [2.45, 2.75) is 39.2 Å². The lowest BCUT2D eigenvalue weighted by atomic mass is 9.56. The third-order valence-corrected chi connectivity index (χ3v) is 7.70. The van der Waals surface area contributed by atoms with E-state index >= 15 is 0 Å². The Balaban J connectivity index is 1.62. The van der Waals surface area contributed by atoms with Crippen molar-refractivity contribution in [3.8, 4) is 5.75 Å². The highest BCUT2D eigenvalue weighted by Gasteiger charge is 2.60.